The number of rotatable bonds is 4. The lowest BCUT2D eigenvalue weighted by molar-refractivity contribution is 0.402. The Hall–Kier alpha value is -2.82. The normalized spacial score (nSPS) is 13.5. The number of thioether (sulfide) groups is 1. The molecule has 0 aliphatic rings. The molecule has 1 N–H and O–H groups in total. The Kier molecular flexibility index (Phi) is 4.37. The fourth-order valence-corrected chi connectivity index (χ4v) is 4.53. The van der Waals surface area contributed by atoms with Gasteiger partial charge in [-0.15, -0.1) is 11.3 Å². The molecule has 1 aromatic carbocycles. The van der Waals surface area contributed by atoms with Crippen LogP contribution in [0.1, 0.15) is 11.9 Å². The van der Waals surface area contributed by atoms with Crippen molar-refractivity contribution in [3.63, 3.8) is 0 Å². The lowest BCUT2D eigenvalue weighted by atomic mass is 10.2. The molecule has 0 aliphatic heterocycles. The molecule has 0 spiro atoms. The summed E-state index contributed by atoms with van der Waals surface area (Å²) in [6.07, 6.45) is 3.71. The van der Waals surface area contributed by atoms with Crippen molar-refractivity contribution in [3.05, 3.63) is 65.6 Å². The number of aliphatic hydroxyl groups excluding tert-OH is 1. The second kappa shape index (κ2) is 6.83. The van der Waals surface area contributed by atoms with Gasteiger partial charge in [0.15, 0.2) is 5.16 Å². The van der Waals surface area contributed by atoms with Gasteiger partial charge in [-0.05, 0) is 31.2 Å². The van der Waals surface area contributed by atoms with E-state index in [0.29, 0.717) is 5.01 Å². The van der Waals surface area contributed by atoms with Gasteiger partial charge in [0.2, 0.25) is 0 Å². The number of nitriles is 1. The summed E-state index contributed by atoms with van der Waals surface area (Å²) in [6.45, 7) is 1.86. The number of imidazole rings is 1. The minimum Gasteiger partial charge on any atom is -0.510 e. The molecule has 128 valence electrons. The fourth-order valence-electron chi connectivity index (χ4n) is 2.62. The van der Waals surface area contributed by atoms with Crippen molar-refractivity contribution in [2.75, 3.05) is 0 Å². The van der Waals surface area contributed by atoms with Gasteiger partial charge in [0.05, 0.1) is 27.2 Å². The quantitative estimate of drug-likeness (QED) is 0.310. The molecule has 0 bridgehead atoms. The molecule has 26 heavy (non-hydrogen) atoms. The molecule has 0 saturated heterocycles. The first-order valence-corrected chi connectivity index (χ1v) is 9.65. The number of aliphatic hydroxyl groups is 1. The number of allylic oxidation sites excluding steroid dienone is 1. The molecule has 0 amide bonds. The smallest absolute Gasteiger partial charge is 0.173 e. The number of pyridine rings is 1. The van der Waals surface area contributed by atoms with Gasteiger partial charge in [-0.25, -0.2) is 9.97 Å². The highest BCUT2D eigenvalue weighted by Gasteiger charge is 2.20. The maximum atomic E-state index is 10.7. The van der Waals surface area contributed by atoms with Crippen molar-refractivity contribution in [2.45, 2.75) is 17.3 Å². The van der Waals surface area contributed by atoms with E-state index in [-0.39, 0.29) is 16.6 Å². The molecule has 7 heteroatoms. The summed E-state index contributed by atoms with van der Waals surface area (Å²) in [4.78, 5) is 8.89. The third kappa shape index (κ3) is 2.94. The maximum Gasteiger partial charge on any atom is 0.173 e. The summed E-state index contributed by atoms with van der Waals surface area (Å²) in [5.74, 6) is 0.0178. The number of hydrogen-bond donors (Lipinski definition) is 1. The van der Waals surface area contributed by atoms with Crippen LogP contribution in [0, 0.1) is 11.3 Å². The SMILES string of the molecule is CC(Sc1ncc2ccccn12)/C(O)=C(/C#N)c1nc2ccccc2s1. The Morgan fingerprint density at radius 3 is 2.88 bits per heavy atom. The first-order valence-electron chi connectivity index (χ1n) is 7.95. The molecule has 1 unspecified atom stereocenters. The summed E-state index contributed by atoms with van der Waals surface area (Å²) in [5.41, 5.74) is 2.03. The van der Waals surface area contributed by atoms with Crippen LogP contribution in [0.2, 0.25) is 0 Å². The summed E-state index contributed by atoms with van der Waals surface area (Å²) in [6, 6.07) is 15.7. The van der Waals surface area contributed by atoms with E-state index < -0.39 is 0 Å². The van der Waals surface area contributed by atoms with Gasteiger partial charge in [-0.2, -0.15) is 5.26 Å². The number of aromatic nitrogens is 3. The number of nitrogens with zero attached hydrogens (tertiary/aromatic N) is 4. The predicted octanol–water partition coefficient (Wildman–Crippen LogP) is 4.92. The van der Waals surface area contributed by atoms with Crippen LogP contribution < -0.4 is 0 Å². The van der Waals surface area contributed by atoms with Crippen LogP contribution in [0.15, 0.2) is 65.8 Å². The van der Waals surface area contributed by atoms with Gasteiger partial charge in [0.25, 0.3) is 0 Å². The van der Waals surface area contributed by atoms with Crippen LogP contribution in [0.3, 0.4) is 0 Å². The highest BCUT2D eigenvalue weighted by atomic mass is 32.2. The van der Waals surface area contributed by atoms with E-state index in [0.717, 1.165) is 20.9 Å². The molecule has 0 fully saturated rings. The third-order valence-electron chi connectivity index (χ3n) is 3.95. The van der Waals surface area contributed by atoms with Crippen molar-refractivity contribution >= 4 is 44.4 Å². The molecular weight excluding hydrogens is 364 g/mol. The number of thiazole rings is 1. The Bertz CT molecular complexity index is 1140. The summed E-state index contributed by atoms with van der Waals surface area (Å²) < 4.78 is 2.95. The van der Waals surface area contributed by atoms with E-state index in [9.17, 15) is 10.4 Å². The highest BCUT2D eigenvalue weighted by molar-refractivity contribution is 7.99. The average molecular weight is 378 g/mol. The monoisotopic (exact) mass is 378 g/mol. The Labute approximate surface area is 158 Å². The van der Waals surface area contributed by atoms with E-state index >= 15 is 0 Å². The number of para-hydroxylation sites is 1. The molecule has 3 heterocycles. The summed E-state index contributed by atoms with van der Waals surface area (Å²) in [5, 5.41) is 21.3. The number of benzene rings is 1. The largest absolute Gasteiger partial charge is 0.510 e. The van der Waals surface area contributed by atoms with Gasteiger partial charge < -0.3 is 5.11 Å². The topological polar surface area (TPSA) is 74.2 Å². The van der Waals surface area contributed by atoms with Crippen LogP contribution in [0.4, 0.5) is 0 Å². The Balaban J connectivity index is 1.68. The summed E-state index contributed by atoms with van der Waals surface area (Å²) >= 11 is 2.81. The molecule has 1 atom stereocenters. The van der Waals surface area contributed by atoms with Crippen molar-refractivity contribution in [3.8, 4) is 6.07 Å². The maximum absolute atomic E-state index is 10.7. The second-order valence-electron chi connectivity index (χ2n) is 5.66. The van der Waals surface area contributed by atoms with Gasteiger partial charge in [-0.1, -0.05) is 30.0 Å². The lowest BCUT2D eigenvalue weighted by Gasteiger charge is -2.11. The van der Waals surface area contributed by atoms with E-state index in [1.165, 1.54) is 23.1 Å². The van der Waals surface area contributed by atoms with Crippen molar-refractivity contribution in [1.29, 1.82) is 5.26 Å². The van der Waals surface area contributed by atoms with E-state index in [1.807, 2.05) is 60.0 Å². The number of fused-ring (bicyclic) bond motifs is 2. The zero-order valence-corrected chi connectivity index (χ0v) is 15.5. The van der Waals surface area contributed by atoms with Gasteiger partial charge in [0, 0.05) is 6.20 Å². The fraction of sp³-hybridized carbons (Fsp3) is 0.105. The van der Waals surface area contributed by atoms with Crippen LogP contribution in [0.5, 0.6) is 0 Å². The van der Waals surface area contributed by atoms with Crippen molar-refractivity contribution < 1.29 is 5.11 Å². The summed E-state index contributed by atoms with van der Waals surface area (Å²) in [7, 11) is 0. The molecule has 0 aliphatic carbocycles. The van der Waals surface area contributed by atoms with Crippen LogP contribution in [-0.2, 0) is 0 Å². The minimum absolute atomic E-state index is 0.0178. The van der Waals surface area contributed by atoms with Crippen LogP contribution in [0.25, 0.3) is 21.3 Å². The van der Waals surface area contributed by atoms with Gasteiger partial charge in [0.1, 0.15) is 22.4 Å². The molecule has 5 nitrogen and oxygen atoms in total. The van der Waals surface area contributed by atoms with Crippen molar-refractivity contribution in [1.82, 2.24) is 14.4 Å². The van der Waals surface area contributed by atoms with E-state index in [4.69, 9.17) is 0 Å². The van der Waals surface area contributed by atoms with Crippen molar-refractivity contribution in [2.24, 2.45) is 0 Å². The molecule has 4 rings (SSSR count). The molecular formula is C19H14N4OS2. The molecule has 3 aromatic heterocycles. The minimum atomic E-state index is -0.331. The number of hydrogen-bond acceptors (Lipinski definition) is 6. The first kappa shape index (κ1) is 16.6. The lowest BCUT2D eigenvalue weighted by Crippen LogP contribution is -2.05. The van der Waals surface area contributed by atoms with Crippen LogP contribution >= 0.6 is 23.1 Å². The van der Waals surface area contributed by atoms with Gasteiger partial charge in [-0.3, -0.25) is 4.40 Å². The Morgan fingerprint density at radius 2 is 2.08 bits per heavy atom. The second-order valence-corrected chi connectivity index (χ2v) is 7.99. The third-order valence-corrected chi connectivity index (χ3v) is 6.09. The molecule has 0 radical (unpaired) electrons. The highest BCUT2D eigenvalue weighted by Crippen LogP contribution is 2.33. The van der Waals surface area contributed by atoms with E-state index in [2.05, 4.69) is 16.0 Å². The molecule has 0 saturated carbocycles. The van der Waals surface area contributed by atoms with E-state index in [1.54, 1.807) is 6.20 Å². The standard InChI is InChI=1S/C19H14N4OS2/c1-12(25-19-21-11-13-6-4-5-9-23(13)19)17(24)14(10-20)18-22-15-7-2-3-8-16(15)26-18/h2-9,11-12,24H,1H3/b17-14+. The molecule has 4 aromatic rings. The van der Waals surface area contributed by atoms with Crippen LogP contribution in [-0.4, -0.2) is 24.7 Å². The average Bonchev–Trinajstić information content (AvgIpc) is 3.26. The zero-order chi connectivity index (χ0) is 18.1. The zero-order valence-electron chi connectivity index (χ0n) is 13.8. The predicted molar refractivity (Wildman–Crippen MR) is 105 cm³/mol. The Morgan fingerprint density at radius 1 is 1.27 bits per heavy atom. The van der Waals surface area contributed by atoms with Gasteiger partial charge >= 0.3 is 0 Å². The first-order chi connectivity index (χ1) is 12.7.